The molecular formula is C22H23FN4O2S. The van der Waals surface area contributed by atoms with Gasteiger partial charge in [0.25, 0.3) is 5.91 Å². The first-order chi connectivity index (χ1) is 14.5. The molecule has 1 amide bonds. The van der Waals surface area contributed by atoms with Crippen molar-refractivity contribution < 1.29 is 13.9 Å². The van der Waals surface area contributed by atoms with Gasteiger partial charge in [-0.3, -0.25) is 14.7 Å². The lowest BCUT2D eigenvalue weighted by atomic mass is 10.1. The van der Waals surface area contributed by atoms with Crippen molar-refractivity contribution >= 4 is 17.2 Å². The lowest BCUT2D eigenvalue weighted by molar-refractivity contribution is 0.0632. The Bertz CT molecular complexity index is 1030. The van der Waals surface area contributed by atoms with Gasteiger partial charge in [0, 0.05) is 38.9 Å². The van der Waals surface area contributed by atoms with Crippen LogP contribution >= 0.6 is 11.3 Å². The fourth-order valence-electron chi connectivity index (χ4n) is 3.51. The topological polar surface area (TPSA) is 58.6 Å². The standard InChI is InChI=1S/C22H23FN4O2S/c1-15-20(30-21(25-15)18-5-3-4-8-24-18)22(28)27-11-9-26(10-12-27)14-16-6-7-19(29-2)17(23)13-16/h3-8,13H,9-12,14H2,1-2H3. The highest BCUT2D eigenvalue weighted by Gasteiger charge is 2.26. The number of rotatable bonds is 5. The van der Waals surface area contributed by atoms with Gasteiger partial charge in [-0.2, -0.15) is 0 Å². The number of benzene rings is 1. The van der Waals surface area contributed by atoms with E-state index in [1.54, 1.807) is 12.3 Å². The molecule has 0 radical (unpaired) electrons. The van der Waals surface area contributed by atoms with E-state index >= 15 is 0 Å². The number of hydrogen-bond acceptors (Lipinski definition) is 6. The van der Waals surface area contributed by atoms with Gasteiger partial charge in [-0.1, -0.05) is 12.1 Å². The Morgan fingerprint density at radius 2 is 2.00 bits per heavy atom. The molecule has 0 bridgehead atoms. The number of thiazole rings is 1. The van der Waals surface area contributed by atoms with Gasteiger partial charge in [-0.15, -0.1) is 11.3 Å². The molecule has 0 unspecified atom stereocenters. The fraction of sp³-hybridized carbons (Fsp3) is 0.318. The Balaban J connectivity index is 1.38. The van der Waals surface area contributed by atoms with Crippen molar-refractivity contribution in [2.24, 2.45) is 0 Å². The molecular weight excluding hydrogens is 403 g/mol. The largest absolute Gasteiger partial charge is 0.494 e. The van der Waals surface area contributed by atoms with E-state index in [1.807, 2.05) is 36.1 Å². The maximum Gasteiger partial charge on any atom is 0.265 e. The van der Waals surface area contributed by atoms with Crippen LogP contribution in [0.3, 0.4) is 0 Å². The second-order valence-corrected chi connectivity index (χ2v) is 8.18. The Hall–Kier alpha value is -2.84. The van der Waals surface area contributed by atoms with Crippen LogP contribution in [0.2, 0.25) is 0 Å². The van der Waals surface area contributed by atoms with Crippen molar-refractivity contribution in [2.45, 2.75) is 13.5 Å². The number of amides is 1. The molecule has 0 aliphatic carbocycles. The third-order valence-corrected chi connectivity index (χ3v) is 6.32. The Labute approximate surface area is 178 Å². The third-order valence-electron chi connectivity index (χ3n) is 5.16. The van der Waals surface area contributed by atoms with Crippen LogP contribution in [-0.4, -0.2) is 59.0 Å². The summed E-state index contributed by atoms with van der Waals surface area (Å²) in [5, 5.41) is 0.761. The monoisotopic (exact) mass is 426 g/mol. The number of piperazine rings is 1. The van der Waals surface area contributed by atoms with E-state index in [0.29, 0.717) is 24.5 Å². The maximum absolute atomic E-state index is 13.9. The SMILES string of the molecule is COc1ccc(CN2CCN(C(=O)c3sc(-c4ccccn4)nc3C)CC2)cc1F. The molecule has 1 fully saturated rings. The molecule has 0 saturated carbocycles. The summed E-state index contributed by atoms with van der Waals surface area (Å²) in [7, 11) is 1.46. The minimum atomic E-state index is -0.354. The van der Waals surface area contributed by atoms with Gasteiger partial charge in [0.1, 0.15) is 9.88 Å². The van der Waals surface area contributed by atoms with Crippen LogP contribution in [0.5, 0.6) is 5.75 Å². The lowest BCUT2D eigenvalue weighted by Gasteiger charge is -2.34. The zero-order valence-corrected chi connectivity index (χ0v) is 17.8. The number of pyridine rings is 1. The van der Waals surface area contributed by atoms with Gasteiger partial charge in [0.2, 0.25) is 0 Å². The van der Waals surface area contributed by atoms with Crippen molar-refractivity contribution in [3.63, 3.8) is 0 Å². The molecule has 1 aromatic carbocycles. The summed E-state index contributed by atoms with van der Waals surface area (Å²) in [6, 6.07) is 10.7. The van der Waals surface area contributed by atoms with Crippen molar-refractivity contribution in [1.29, 1.82) is 0 Å². The molecule has 6 nitrogen and oxygen atoms in total. The highest BCUT2D eigenvalue weighted by atomic mass is 32.1. The third kappa shape index (κ3) is 4.34. The molecule has 1 aliphatic heterocycles. The van der Waals surface area contributed by atoms with E-state index in [4.69, 9.17) is 4.74 Å². The Morgan fingerprint density at radius 1 is 1.20 bits per heavy atom. The highest BCUT2D eigenvalue weighted by Crippen LogP contribution is 2.28. The van der Waals surface area contributed by atoms with E-state index < -0.39 is 0 Å². The summed E-state index contributed by atoms with van der Waals surface area (Å²) >= 11 is 1.39. The van der Waals surface area contributed by atoms with E-state index in [2.05, 4.69) is 14.9 Å². The summed E-state index contributed by atoms with van der Waals surface area (Å²) in [5.41, 5.74) is 2.41. The van der Waals surface area contributed by atoms with Gasteiger partial charge in [-0.05, 0) is 36.8 Å². The second kappa shape index (κ2) is 8.89. The summed E-state index contributed by atoms with van der Waals surface area (Å²) in [5.74, 6) is -0.0883. The lowest BCUT2D eigenvalue weighted by Crippen LogP contribution is -2.48. The van der Waals surface area contributed by atoms with Crippen molar-refractivity contribution in [3.05, 3.63) is 64.5 Å². The first-order valence-electron chi connectivity index (χ1n) is 9.78. The zero-order valence-electron chi connectivity index (χ0n) is 17.0. The molecule has 156 valence electrons. The molecule has 1 saturated heterocycles. The summed E-state index contributed by atoms with van der Waals surface area (Å²) in [6.45, 7) is 5.26. The minimum absolute atomic E-state index is 0.0160. The molecule has 2 aromatic heterocycles. The van der Waals surface area contributed by atoms with Crippen LogP contribution in [0.4, 0.5) is 4.39 Å². The molecule has 3 aromatic rings. The first kappa shape index (κ1) is 20.4. The molecule has 4 rings (SSSR count). The second-order valence-electron chi connectivity index (χ2n) is 7.19. The predicted octanol–water partition coefficient (Wildman–Crippen LogP) is 3.62. The average Bonchev–Trinajstić information content (AvgIpc) is 3.16. The Morgan fingerprint density at radius 3 is 2.67 bits per heavy atom. The summed E-state index contributed by atoms with van der Waals surface area (Å²) in [6.07, 6.45) is 1.72. The van der Waals surface area contributed by atoms with E-state index in [-0.39, 0.29) is 17.5 Å². The molecule has 3 heterocycles. The summed E-state index contributed by atoms with van der Waals surface area (Å²) in [4.78, 5) is 26.7. The van der Waals surface area contributed by atoms with Gasteiger partial charge in [0.05, 0.1) is 18.5 Å². The fourth-order valence-corrected chi connectivity index (χ4v) is 4.52. The molecule has 0 N–H and O–H groups in total. The number of methoxy groups -OCH3 is 1. The highest BCUT2D eigenvalue weighted by molar-refractivity contribution is 7.17. The Kier molecular flexibility index (Phi) is 6.06. The number of carbonyl (C=O) groups excluding carboxylic acids is 1. The van der Waals surface area contributed by atoms with Crippen LogP contribution < -0.4 is 4.74 Å². The number of ether oxygens (including phenoxy) is 1. The van der Waals surface area contributed by atoms with Crippen LogP contribution in [0.25, 0.3) is 10.7 Å². The van der Waals surface area contributed by atoms with Crippen LogP contribution in [-0.2, 0) is 6.54 Å². The number of aromatic nitrogens is 2. The number of nitrogens with zero attached hydrogens (tertiary/aromatic N) is 4. The van der Waals surface area contributed by atoms with Gasteiger partial charge < -0.3 is 9.64 Å². The molecule has 8 heteroatoms. The van der Waals surface area contributed by atoms with E-state index in [9.17, 15) is 9.18 Å². The van der Waals surface area contributed by atoms with E-state index in [1.165, 1.54) is 24.5 Å². The van der Waals surface area contributed by atoms with Crippen LogP contribution in [0.1, 0.15) is 20.9 Å². The van der Waals surface area contributed by atoms with Crippen molar-refractivity contribution in [1.82, 2.24) is 19.8 Å². The first-order valence-corrected chi connectivity index (χ1v) is 10.6. The van der Waals surface area contributed by atoms with Gasteiger partial charge in [0.15, 0.2) is 11.6 Å². The molecule has 1 aliphatic rings. The maximum atomic E-state index is 13.9. The predicted molar refractivity (Wildman–Crippen MR) is 114 cm³/mol. The number of hydrogen-bond donors (Lipinski definition) is 0. The normalized spacial score (nSPS) is 14.7. The van der Waals surface area contributed by atoms with Gasteiger partial charge >= 0.3 is 0 Å². The number of aryl methyl sites for hydroxylation is 1. The van der Waals surface area contributed by atoms with Crippen LogP contribution in [0.15, 0.2) is 42.6 Å². The summed E-state index contributed by atoms with van der Waals surface area (Å²) < 4.78 is 18.9. The molecule has 30 heavy (non-hydrogen) atoms. The van der Waals surface area contributed by atoms with E-state index in [0.717, 1.165) is 35.0 Å². The zero-order chi connectivity index (χ0) is 21.1. The molecule has 0 atom stereocenters. The van der Waals surface area contributed by atoms with Gasteiger partial charge in [-0.25, -0.2) is 9.37 Å². The smallest absolute Gasteiger partial charge is 0.265 e. The number of carbonyl (C=O) groups is 1. The number of halogens is 1. The minimum Gasteiger partial charge on any atom is -0.494 e. The average molecular weight is 427 g/mol. The van der Waals surface area contributed by atoms with Crippen molar-refractivity contribution in [3.8, 4) is 16.5 Å². The quantitative estimate of drug-likeness (QED) is 0.624. The van der Waals surface area contributed by atoms with Crippen LogP contribution in [0, 0.1) is 12.7 Å². The van der Waals surface area contributed by atoms with Crippen molar-refractivity contribution in [2.75, 3.05) is 33.3 Å². The molecule has 0 spiro atoms.